The van der Waals surface area contributed by atoms with Gasteiger partial charge in [0.2, 0.25) is 0 Å². The molecule has 0 saturated carbocycles. The highest BCUT2D eigenvalue weighted by molar-refractivity contribution is 6.52. The average molecular weight is 338 g/mol. The molecule has 0 aromatic heterocycles. The standard InChI is InChI=1S/C13H8Cl4O2/c1-19-13-3-2-5(4-6(13)18)7-8(13)10(15)12(17)11(16)9(7)14/h2-3,5H,4H2,1H3/t5-,13+/m0/s1. The molecule has 0 fully saturated rings. The minimum absolute atomic E-state index is 0.0497. The van der Waals surface area contributed by atoms with Crippen molar-refractivity contribution in [1.29, 1.82) is 0 Å². The number of ketones is 1. The van der Waals surface area contributed by atoms with Crippen LogP contribution in [0.3, 0.4) is 0 Å². The van der Waals surface area contributed by atoms with Gasteiger partial charge in [-0.05, 0) is 11.6 Å². The molecule has 0 aliphatic heterocycles. The van der Waals surface area contributed by atoms with Gasteiger partial charge in [-0.15, -0.1) is 0 Å². The van der Waals surface area contributed by atoms with Crippen LogP contribution in [-0.2, 0) is 15.1 Å². The molecule has 2 bridgehead atoms. The molecule has 0 saturated heterocycles. The van der Waals surface area contributed by atoms with E-state index in [1.165, 1.54) is 7.11 Å². The molecule has 4 rings (SSSR count). The molecule has 6 heteroatoms. The molecule has 2 nitrogen and oxygen atoms in total. The minimum atomic E-state index is -1.20. The first-order valence-corrected chi connectivity index (χ1v) is 7.09. The highest BCUT2D eigenvalue weighted by Gasteiger charge is 2.51. The highest BCUT2D eigenvalue weighted by atomic mass is 35.5. The first-order valence-electron chi connectivity index (χ1n) is 5.58. The summed E-state index contributed by atoms with van der Waals surface area (Å²) in [6.45, 7) is 0. The van der Waals surface area contributed by atoms with Crippen molar-refractivity contribution in [2.45, 2.75) is 17.9 Å². The molecule has 19 heavy (non-hydrogen) atoms. The third kappa shape index (κ3) is 1.58. The Morgan fingerprint density at radius 1 is 1.16 bits per heavy atom. The van der Waals surface area contributed by atoms with Crippen LogP contribution in [0, 0.1) is 0 Å². The van der Waals surface area contributed by atoms with Gasteiger partial charge in [0.25, 0.3) is 0 Å². The molecule has 0 amide bonds. The van der Waals surface area contributed by atoms with E-state index in [2.05, 4.69) is 0 Å². The maximum Gasteiger partial charge on any atom is 0.174 e. The quantitative estimate of drug-likeness (QED) is 0.419. The molecule has 1 aromatic rings. The summed E-state index contributed by atoms with van der Waals surface area (Å²) in [5.41, 5.74) is 0.0730. The summed E-state index contributed by atoms with van der Waals surface area (Å²) in [7, 11) is 1.46. The van der Waals surface area contributed by atoms with Crippen LogP contribution in [0.4, 0.5) is 0 Å². The molecule has 0 spiro atoms. The zero-order valence-corrected chi connectivity index (χ0v) is 12.8. The van der Waals surface area contributed by atoms with E-state index in [0.29, 0.717) is 17.0 Å². The lowest BCUT2D eigenvalue weighted by atomic mass is 9.67. The molecule has 0 N–H and O–H groups in total. The van der Waals surface area contributed by atoms with Crippen LogP contribution in [0.25, 0.3) is 0 Å². The maximum atomic E-state index is 12.3. The Kier molecular flexibility index (Phi) is 3.16. The number of carbonyl (C=O) groups is 1. The normalized spacial score (nSPS) is 27.8. The van der Waals surface area contributed by atoms with E-state index in [1.54, 1.807) is 6.08 Å². The van der Waals surface area contributed by atoms with E-state index in [1.807, 2.05) is 6.08 Å². The summed E-state index contributed by atoms with van der Waals surface area (Å²) in [6, 6.07) is 0. The van der Waals surface area contributed by atoms with Crippen molar-refractivity contribution >= 4 is 52.2 Å². The van der Waals surface area contributed by atoms with Gasteiger partial charge in [0, 0.05) is 25.0 Å². The van der Waals surface area contributed by atoms with E-state index >= 15 is 0 Å². The van der Waals surface area contributed by atoms with Crippen LogP contribution in [0.5, 0.6) is 0 Å². The van der Waals surface area contributed by atoms with E-state index in [-0.39, 0.29) is 26.8 Å². The van der Waals surface area contributed by atoms with E-state index < -0.39 is 5.60 Å². The molecule has 0 radical (unpaired) electrons. The Labute approximate surface area is 130 Å². The molecular formula is C13H8Cl4O2. The molecule has 100 valence electrons. The number of ether oxygens (including phenoxy) is 1. The van der Waals surface area contributed by atoms with Crippen molar-refractivity contribution in [2.24, 2.45) is 0 Å². The van der Waals surface area contributed by atoms with Crippen LogP contribution >= 0.6 is 46.4 Å². The number of benzene rings is 1. The van der Waals surface area contributed by atoms with Gasteiger partial charge in [0.05, 0.1) is 20.1 Å². The number of hydrogen-bond acceptors (Lipinski definition) is 2. The van der Waals surface area contributed by atoms with E-state index in [0.717, 1.165) is 5.56 Å². The second kappa shape index (κ2) is 4.37. The number of carbonyl (C=O) groups excluding carboxylic acids is 1. The van der Waals surface area contributed by atoms with Gasteiger partial charge in [0.15, 0.2) is 11.4 Å². The van der Waals surface area contributed by atoms with Gasteiger partial charge in [0.1, 0.15) is 0 Å². The number of hydrogen-bond donors (Lipinski definition) is 0. The predicted molar refractivity (Wildman–Crippen MR) is 76.7 cm³/mol. The maximum absolute atomic E-state index is 12.3. The highest BCUT2D eigenvalue weighted by Crippen LogP contribution is 2.56. The third-order valence-electron chi connectivity index (χ3n) is 3.75. The number of halogens is 4. The van der Waals surface area contributed by atoms with Crippen LogP contribution < -0.4 is 0 Å². The van der Waals surface area contributed by atoms with Crippen molar-refractivity contribution in [1.82, 2.24) is 0 Å². The van der Waals surface area contributed by atoms with Crippen molar-refractivity contribution in [3.05, 3.63) is 43.4 Å². The lowest BCUT2D eigenvalue weighted by Gasteiger charge is -2.42. The molecule has 2 atom stereocenters. The lowest BCUT2D eigenvalue weighted by Crippen LogP contribution is -2.44. The molecule has 3 aliphatic carbocycles. The Bertz CT molecular complexity index is 638. The third-order valence-corrected chi connectivity index (χ3v) is 5.57. The van der Waals surface area contributed by atoms with E-state index in [9.17, 15) is 4.79 Å². The van der Waals surface area contributed by atoms with Gasteiger partial charge >= 0.3 is 0 Å². The molecule has 0 unspecified atom stereocenters. The van der Waals surface area contributed by atoms with Crippen LogP contribution in [0.1, 0.15) is 23.5 Å². The average Bonchev–Trinajstić information content (AvgIpc) is 2.42. The number of rotatable bonds is 1. The zero-order chi connectivity index (χ0) is 13.9. The largest absolute Gasteiger partial charge is 0.362 e. The van der Waals surface area contributed by atoms with Crippen LogP contribution in [0.15, 0.2) is 12.2 Å². The van der Waals surface area contributed by atoms with Crippen LogP contribution in [0.2, 0.25) is 20.1 Å². The minimum Gasteiger partial charge on any atom is -0.362 e. The van der Waals surface area contributed by atoms with Crippen molar-refractivity contribution in [3.63, 3.8) is 0 Å². The summed E-state index contributed by atoms with van der Waals surface area (Å²) in [5.74, 6) is -0.175. The second-order valence-corrected chi connectivity index (χ2v) is 6.09. The summed E-state index contributed by atoms with van der Waals surface area (Å²) in [6.07, 6.45) is 3.95. The lowest BCUT2D eigenvalue weighted by molar-refractivity contribution is -0.139. The van der Waals surface area contributed by atoms with Crippen LogP contribution in [-0.4, -0.2) is 12.9 Å². The first-order chi connectivity index (χ1) is 8.94. The summed E-state index contributed by atoms with van der Waals surface area (Å²) in [4.78, 5) is 12.3. The van der Waals surface area contributed by atoms with Gasteiger partial charge < -0.3 is 4.74 Å². The van der Waals surface area contributed by atoms with Crippen molar-refractivity contribution in [3.8, 4) is 0 Å². The molecule has 1 aromatic carbocycles. The number of Topliss-reactive ketones (excluding diaryl/α,β-unsaturated/α-hetero) is 1. The topological polar surface area (TPSA) is 26.3 Å². The van der Waals surface area contributed by atoms with Gasteiger partial charge in [-0.1, -0.05) is 52.5 Å². The fraction of sp³-hybridized carbons (Fsp3) is 0.308. The summed E-state index contributed by atoms with van der Waals surface area (Å²) in [5, 5.41) is 0.939. The number of methoxy groups -OCH3 is 1. The number of allylic oxidation sites excluding steroid dienone is 1. The molecule has 0 heterocycles. The van der Waals surface area contributed by atoms with Crippen molar-refractivity contribution < 1.29 is 9.53 Å². The summed E-state index contributed by atoms with van der Waals surface area (Å²) >= 11 is 24.7. The SMILES string of the molecule is CO[C@]12C=C[C@@H](CC1=O)c1c(Cl)c(Cl)c(Cl)c(Cl)c12. The fourth-order valence-corrected chi connectivity index (χ4v) is 3.98. The summed E-state index contributed by atoms with van der Waals surface area (Å²) < 4.78 is 5.45. The Morgan fingerprint density at radius 2 is 1.79 bits per heavy atom. The zero-order valence-electron chi connectivity index (χ0n) is 9.77. The van der Waals surface area contributed by atoms with Gasteiger partial charge in [-0.2, -0.15) is 0 Å². The Morgan fingerprint density at radius 3 is 2.37 bits per heavy atom. The molecule has 3 aliphatic rings. The van der Waals surface area contributed by atoms with E-state index in [4.69, 9.17) is 51.1 Å². The number of fused-ring (bicyclic) bond motifs is 1. The Hall–Kier alpha value is -0.250. The first kappa shape index (κ1) is 13.7. The molecular weight excluding hydrogens is 330 g/mol. The Balaban J connectivity index is 2.45. The second-order valence-electron chi connectivity index (χ2n) is 4.58. The smallest absolute Gasteiger partial charge is 0.174 e. The van der Waals surface area contributed by atoms with Gasteiger partial charge in [-0.25, -0.2) is 0 Å². The predicted octanol–water partition coefficient (Wildman–Crippen LogP) is 4.77. The monoisotopic (exact) mass is 336 g/mol. The van der Waals surface area contributed by atoms with Gasteiger partial charge in [-0.3, -0.25) is 4.79 Å². The fourth-order valence-electron chi connectivity index (χ4n) is 2.83. The van der Waals surface area contributed by atoms with Crippen molar-refractivity contribution in [2.75, 3.05) is 7.11 Å².